The number of nitrogens with one attached hydrogen (secondary N) is 1. The number of halogens is 1. The van der Waals surface area contributed by atoms with E-state index in [1.807, 2.05) is 0 Å². The number of H-pyrrole nitrogens is 1. The van der Waals surface area contributed by atoms with Gasteiger partial charge in [-0.1, -0.05) is 4.98 Å². The van der Waals surface area contributed by atoms with Gasteiger partial charge in [0.05, 0.1) is 6.61 Å². The van der Waals surface area contributed by atoms with Gasteiger partial charge < -0.3 is 25.1 Å². The Morgan fingerprint density at radius 2 is 2.41 bits per heavy atom. The average molecular weight is 247 g/mol. The van der Waals surface area contributed by atoms with E-state index in [0.717, 1.165) is 6.20 Å². The highest BCUT2D eigenvalue weighted by atomic mass is 19.1. The minimum atomic E-state index is -1.74. The lowest BCUT2D eigenvalue weighted by atomic mass is 10.1. The molecule has 17 heavy (non-hydrogen) atoms. The molecule has 2 rings (SSSR count). The van der Waals surface area contributed by atoms with E-state index in [1.165, 1.54) is 0 Å². The van der Waals surface area contributed by atoms with Crippen molar-refractivity contribution in [2.45, 2.75) is 24.5 Å². The molecule has 1 aromatic rings. The molecule has 9 heteroatoms. The summed E-state index contributed by atoms with van der Waals surface area (Å²) in [6.45, 7) is -0.578. The zero-order valence-corrected chi connectivity index (χ0v) is 8.49. The quantitative estimate of drug-likeness (QED) is 0.486. The first kappa shape index (κ1) is 11.9. The molecule has 0 amide bonds. The summed E-state index contributed by atoms with van der Waals surface area (Å²) in [5.41, 5.74) is 0.0998. The van der Waals surface area contributed by atoms with Crippen molar-refractivity contribution >= 4 is 5.95 Å². The summed E-state index contributed by atoms with van der Waals surface area (Å²) in [7, 11) is 0. The number of ether oxygens (including phenoxy) is 1. The molecule has 2 heterocycles. The van der Waals surface area contributed by atoms with Crippen LogP contribution in [0.3, 0.4) is 0 Å². The third-order valence-electron chi connectivity index (χ3n) is 2.55. The lowest BCUT2D eigenvalue weighted by molar-refractivity contribution is -0.393. The summed E-state index contributed by atoms with van der Waals surface area (Å²) in [4.78, 5) is 15.4. The third-order valence-corrected chi connectivity index (χ3v) is 2.55. The number of aromatic amines is 1. The number of rotatable bonds is 3. The van der Waals surface area contributed by atoms with E-state index >= 15 is 0 Å². The minimum absolute atomic E-state index is 0.0998. The molecule has 1 fully saturated rings. The highest BCUT2D eigenvalue weighted by molar-refractivity contribution is 5.16. The normalized spacial score (nSPS) is 32.9. The second-order valence-electron chi connectivity index (χ2n) is 3.63. The Morgan fingerprint density at radius 1 is 1.71 bits per heavy atom. The van der Waals surface area contributed by atoms with Gasteiger partial charge in [-0.2, -0.15) is 0 Å². The summed E-state index contributed by atoms with van der Waals surface area (Å²) in [5, 5.41) is 28.7. The molecule has 0 aliphatic carbocycles. The predicted octanol–water partition coefficient (Wildman–Crippen LogP) is -0.551. The molecule has 0 unspecified atom stereocenters. The van der Waals surface area contributed by atoms with Gasteiger partial charge in [0.2, 0.25) is 0 Å². The maximum Gasteiger partial charge on any atom is 0.432 e. The Morgan fingerprint density at radius 3 is 2.88 bits per heavy atom. The van der Waals surface area contributed by atoms with Crippen LogP contribution in [0.5, 0.6) is 0 Å². The molecule has 4 atom stereocenters. The van der Waals surface area contributed by atoms with Crippen molar-refractivity contribution in [3.05, 3.63) is 22.0 Å². The van der Waals surface area contributed by atoms with Crippen molar-refractivity contribution < 1.29 is 24.3 Å². The Labute approximate surface area is 94.2 Å². The third kappa shape index (κ3) is 1.99. The summed E-state index contributed by atoms with van der Waals surface area (Å²) in [5.74, 6) is -0.515. The van der Waals surface area contributed by atoms with Gasteiger partial charge in [0.1, 0.15) is 30.2 Å². The molecule has 0 spiro atoms. The number of hydrogen-bond acceptors (Lipinski definition) is 6. The fourth-order valence-electron chi connectivity index (χ4n) is 1.69. The van der Waals surface area contributed by atoms with Crippen molar-refractivity contribution in [3.63, 3.8) is 0 Å². The molecule has 8 nitrogen and oxygen atoms in total. The topological polar surface area (TPSA) is 122 Å². The number of aliphatic hydroxyl groups is 2. The van der Waals surface area contributed by atoms with Gasteiger partial charge in [0.25, 0.3) is 0 Å². The number of nitro groups is 1. The summed E-state index contributed by atoms with van der Waals surface area (Å²) in [6.07, 6.45) is -4.38. The highest BCUT2D eigenvalue weighted by Crippen LogP contribution is 2.34. The van der Waals surface area contributed by atoms with Crippen LogP contribution in [0, 0.1) is 10.1 Å². The van der Waals surface area contributed by atoms with Crippen LogP contribution in [0.25, 0.3) is 0 Å². The minimum Gasteiger partial charge on any atom is -0.394 e. The Hall–Kier alpha value is -1.58. The molecule has 0 aromatic carbocycles. The van der Waals surface area contributed by atoms with Gasteiger partial charge in [-0.05, 0) is 4.92 Å². The highest BCUT2D eigenvalue weighted by Gasteiger charge is 2.46. The maximum absolute atomic E-state index is 13.4. The second-order valence-corrected chi connectivity index (χ2v) is 3.63. The average Bonchev–Trinajstić information content (AvgIpc) is 2.87. The van der Waals surface area contributed by atoms with Gasteiger partial charge >= 0.3 is 5.95 Å². The lowest BCUT2D eigenvalue weighted by Gasteiger charge is -2.09. The Bertz CT molecular complexity index is 425. The first-order valence-corrected chi connectivity index (χ1v) is 4.82. The van der Waals surface area contributed by atoms with Crippen LogP contribution in [-0.2, 0) is 4.74 Å². The standard InChI is InChI=1S/C8H10FN3O5/c9-5-4(2-13)17-7(6(5)14)3-1-10-8(11-3)12(15)16/h1,4-7,13-14H,2H2,(H,10,11)/t4-,5-,6-,7+/m1/s1. The Balaban J connectivity index is 2.19. The fraction of sp³-hybridized carbons (Fsp3) is 0.625. The molecular weight excluding hydrogens is 237 g/mol. The van der Waals surface area contributed by atoms with Crippen molar-refractivity contribution in [2.75, 3.05) is 6.61 Å². The number of aliphatic hydroxyl groups excluding tert-OH is 2. The molecule has 3 N–H and O–H groups in total. The predicted molar refractivity (Wildman–Crippen MR) is 50.8 cm³/mol. The van der Waals surface area contributed by atoms with E-state index in [2.05, 4.69) is 9.97 Å². The van der Waals surface area contributed by atoms with Gasteiger partial charge in [-0.25, -0.2) is 9.37 Å². The van der Waals surface area contributed by atoms with Crippen LogP contribution >= 0.6 is 0 Å². The van der Waals surface area contributed by atoms with Crippen LogP contribution in [0.15, 0.2) is 6.20 Å². The molecule has 0 saturated carbocycles. The molecule has 1 aliphatic heterocycles. The largest absolute Gasteiger partial charge is 0.432 e. The van der Waals surface area contributed by atoms with Gasteiger partial charge in [-0.15, -0.1) is 0 Å². The van der Waals surface area contributed by atoms with Gasteiger partial charge in [0.15, 0.2) is 6.17 Å². The zero-order chi connectivity index (χ0) is 12.6. The molecular formula is C8H10FN3O5. The summed E-state index contributed by atoms with van der Waals surface area (Å²) in [6, 6.07) is 0. The summed E-state index contributed by atoms with van der Waals surface area (Å²) < 4.78 is 18.4. The van der Waals surface area contributed by atoms with Gasteiger partial charge in [0, 0.05) is 0 Å². The van der Waals surface area contributed by atoms with E-state index < -0.39 is 42.0 Å². The van der Waals surface area contributed by atoms with Crippen molar-refractivity contribution in [1.29, 1.82) is 0 Å². The van der Waals surface area contributed by atoms with E-state index in [9.17, 15) is 19.6 Å². The van der Waals surface area contributed by atoms with Crippen LogP contribution in [0.2, 0.25) is 0 Å². The lowest BCUT2D eigenvalue weighted by Crippen LogP contribution is -2.28. The van der Waals surface area contributed by atoms with Crippen LogP contribution < -0.4 is 0 Å². The van der Waals surface area contributed by atoms with Crippen molar-refractivity contribution in [3.8, 4) is 0 Å². The first-order valence-electron chi connectivity index (χ1n) is 4.82. The van der Waals surface area contributed by atoms with E-state index in [4.69, 9.17) is 9.84 Å². The number of imidazole rings is 1. The fourth-order valence-corrected chi connectivity index (χ4v) is 1.69. The number of nitrogens with zero attached hydrogens (tertiary/aromatic N) is 2. The van der Waals surface area contributed by atoms with Crippen molar-refractivity contribution in [1.82, 2.24) is 9.97 Å². The van der Waals surface area contributed by atoms with E-state index in [1.54, 1.807) is 0 Å². The first-order chi connectivity index (χ1) is 8.04. The molecule has 1 saturated heterocycles. The van der Waals surface area contributed by atoms with E-state index in [0.29, 0.717) is 0 Å². The summed E-state index contributed by atoms with van der Waals surface area (Å²) >= 11 is 0. The molecule has 0 bridgehead atoms. The molecule has 0 radical (unpaired) electrons. The van der Waals surface area contributed by atoms with Crippen molar-refractivity contribution in [2.24, 2.45) is 0 Å². The molecule has 1 aliphatic rings. The number of aromatic nitrogens is 2. The second kappa shape index (κ2) is 4.35. The van der Waals surface area contributed by atoms with Crippen LogP contribution in [0.1, 0.15) is 11.8 Å². The SMILES string of the molecule is O=[N+]([O-])c1ncc([C@@H]2O[C@H](CO)[C@@H](F)[C@H]2O)[nH]1. The number of alkyl halides is 1. The molecule has 94 valence electrons. The number of hydrogen-bond donors (Lipinski definition) is 3. The van der Waals surface area contributed by atoms with Crippen LogP contribution in [-0.4, -0.2) is 50.1 Å². The maximum atomic E-state index is 13.4. The smallest absolute Gasteiger partial charge is 0.394 e. The zero-order valence-electron chi connectivity index (χ0n) is 8.49. The van der Waals surface area contributed by atoms with E-state index in [-0.39, 0.29) is 5.69 Å². The van der Waals surface area contributed by atoms with Gasteiger partial charge in [-0.3, -0.25) is 0 Å². The monoisotopic (exact) mass is 247 g/mol. The molecule has 1 aromatic heterocycles. The van der Waals surface area contributed by atoms with Crippen LogP contribution in [0.4, 0.5) is 10.3 Å². The Kier molecular flexibility index (Phi) is 3.05.